The third kappa shape index (κ3) is 2.53. The smallest absolute Gasteiger partial charge is 0.155 e. The average Bonchev–Trinajstić information content (AvgIpc) is 2.87. The van der Waals surface area contributed by atoms with Crippen molar-refractivity contribution in [3.63, 3.8) is 0 Å². The van der Waals surface area contributed by atoms with E-state index in [2.05, 4.69) is 36.4 Å². The van der Waals surface area contributed by atoms with Crippen LogP contribution in [-0.2, 0) is 6.54 Å². The molecule has 0 aliphatic heterocycles. The van der Waals surface area contributed by atoms with E-state index in [-0.39, 0.29) is 5.75 Å². The fourth-order valence-electron chi connectivity index (χ4n) is 1.83. The van der Waals surface area contributed by atoms with Crippen molar-refractivity contribution in [2.75, 3.05) is 5.32 Å². The minimum Gasteiger partial charge on any atom is -0.508 e. The van der Waals surface area contributed by atoms with Gasteiger partial charge in [0.15, 0.2) is 5.65 Å². The molecule has 0 unspecified atom stereocenters. The second kappa shape index (κ2) is 4.89. The van der Waals surface area contributed by atoms with E-state index in [4.69, 9.17) is 0 Å². The van der Waals surface area contributed by atoms with Crippen molar-refractivity contribution < 1.29 is 5.11 Å². The molecule has 5 nitrogen and oxygen atoms in total. The van der Waals surface area contributed by atoms with Gasteiger partial charge in [0.1, 0.15) is 5.75 Å². The van der Waals surface area contributed by atoms with Crippen LogP contribution in [0.1, 0.15) is 5.56 Å². The highest BCUT2D eigenvalue weighted by atomic mass is 79.9. The van der Waals surface area contributed by atoms with E-state index in [9.17, 15) is 5.11 Å². The molecule has 0 saturated carbocycles. The molecule has 0 aliphatic carbocycles. The predicted molar refractivity (Wildman–Crippen MR) is 77.0 cm³/mol. The molecule has 1 aromatic carbocycles. The number of halogens is 1. The Morgan fingerprint density at radius 1 is 1.26 bits per heavy atom. The zero-order valence-electron chi connectivity index (χ0n) is 9.89. The number of nitrogens with zero attached hydrogens (tertiary/aromatic N) is 2. The van der Waals surface area contributed by atoms with E-state index in [1.165, 1.54) is 0 Å². The van der Waals surface area contributed by atoms with Crippen molar-refractivity contribution >= 4 is 32.7 Å². The average molecular weight is 319 g/mol. The van der Waals surface area contributed by atoms with Gasteiger partial charge in [0.25, 0.3) is 0 Å². The Morgan fingerprint density at radius 3 is 3.05 bits per heavy atom. The molecule has 0 fully saturated rings. The summed E-state index contributed by atoms with van der Waals surface area (Å²) in [6.07, 6.45) is 3.48. The zero-order chi connectivity index (χ0) is 13.2. The number of hydrogen-bond acceptors (Lipinski definition) is 4. The van der Waals surface area contributed by atoms with Gasteiger partial charge in [-0.25, -0.2) is 4.98 Å². The summed E-state index contributed by atoms with van der Waals surface area (Å²) in [5.74, 6) is 0.253. The lowest BCUT2D eigenvalue weighted by atomic mass is 10.2. The number of anilines is 1. The summed E-state index contributed by atoms with van der Waals surface area (Å²) in [6, 6.07) is 7.17. The van der Waals surface area contributed by atoms with Gasteiger partial charge in [-0.15, -0.1) is 0 Å². The molecule has 0 atom stereocenters. The molecule has 0 bridgehead atoms. The lowest BCUT2D eigenvalue weighted by Gasteiger charge is -2.08. The summed E-state index contributed by atoms with van der Waals surface area (Å²) in [5, 5.41) is 20.4. The molecule has 96 valence electrons. The molecule has 0 aliphatic rings. The molecule has 0 saturated heterocycles. The van der Waals surface area contributed by atoms with Crippen molar-refractivity contribution in [2.45, 2.75) is 6.54 Å². The van der Waals surface area contributed by atoms with Crippen LogP contribution in [0.4, 0.5) is 5.69 Å². The molecule has 0 spiro atoms. The van der Waals surface area contributed by atoms with Crippen LogP contribution in [0.2, 0.25) is 0 Å². The van der Waals surface area contributed by atoms with Crippen molar-refractivity contribution in [3.8, 4) is 5.75 Å². The lowest BCUT2D eigenvalue weighted by Crippen LogP contribution is -2.00. The number of benzene rings is 1. The minimum atomic E-state index is 0.253. The van der Waals surface area contributed by atoms with Gasteiger partial charge < -0.3 is 10.4 Å². The quantitative estimate of drug-likeness (QED) is 0.694. The molecular formula is C13H11BrN4O. The number of nitrogens with one attached hydrogen (secondary N) is 2. The highest BCUT2D eigenvalue weighted by Crippen LogP contribution is 2.23. The van der Waals surface area contributed by atoms with Crippen LogP contribution in [-0.4, -0.2) is 20.3 Å². The van der Waals surface area contributed by atoms with Gasteiger partial charge in [-0.05, 0) is 29.8 Å². The Bertz CT molecular complexity index is 725. The van der Waals surface area contributed by atoms with Gasteiger partial charge >= 0.3 is 0 Å². The first kappa shape index (κ1) is 12.0. The van der Waals surface area contributed by atoms with E-state index in [1.54, 1.807) is 24.5 Å². The van der Waals surface area contributed by atoms with E-state index >= 15 is 0 Å². The topological polar surface area (TPSA) is 73.8 Å². The first-order valence-electron chi connectivity index (χ1n) is 5.73. The second-order valence-corrected chi connectivity index (χ2v) is 5.02. The molecular weight excluding hydrogens is 308 g/mol. The summed E-state index contributed by atoms with van der Waals surface area (Å²) >= 11 is 3.46. The number of aromatic hydroxyl groups is 1. The van der Waals surface area contributed by atoms with E-state index in [0.29, 0.717) is 6.54 Å². The number of aromatic amines is 1. The number of fused-ring (bicyclic) bond motifs is 1. The highest BCUT2D eigenvalue weighted by molar-refractivity contribution is 9.10. The van der Waals surface area contributed by atoms with Crippen LogP contribution in [0.5, 0.6) is 5.75 Å². The van der Waals surface area contributed by atoms with Crippen LogP contribution in [0, 0.1) is 0 Å². The van der Waals surface area contributed by atoms with Crippen molar-refractivity contribution in [3.05, 3.63) is 46.7 Å². The Morgan fingerprint density at radius 2 is 2.16 bits per heavy atom. The number of pyridine rings is 1. The number of phenolic OH excluding ortho intramolecular Hbond substituents is 1. The van der Waals surface area contributed by atoms with Crippen LogP contribution in [0.25, 0.3) is 11.0 Å². The number of aromatic nitrogens is 3. The fraction of sp³-hybridized carbons (Fsp3) is 0.0769. The molecule has 19 heavy (non-hydrogen) atoms. The third-order valence-corrected chi connectivity index (χ3v) is 3.58. The first-order chi connectivity index (χ1) is 9.22. The summed E-state index contributed by atoms with van der Waals surface area (Å²) in [4.78, 5) is 4.25. The Hall–Kier alpha value is -2.08. The summed E-state index contributed by atoms with van der Waals surface area (Å²) in [6.45, 7) is 0.597. The van der Waals surface area contributed by atoms with Gasteiger partial charge in [-0.3, -0.25) is 5.10 Å². The maximum absolute atomic E-state index is 9.47. The molecule has 3 rings (SSSR count). The van der Waals surface area contributed by atoms with Gasteiger partial charge in [-0.2, -0.15) is 5.10 Å². The molecule has 3 N–H and O–H groups in total. The number of hydrogen-bond donors (Lipinski definition) is 3. The maximum atomic E-state index is 9.47. The maximum Gasteiger partial charge on any atom is 0.155 e. The molecule has 6 heteroatoms. The van der Waals surface area contributed by atoms with E-state index in [1.807, 2.05) is 12.1 Å². The van der Waals surface area contributed by atoms with E-state index < -0.39 is 0 Å². The predicted octanol–water partition coefficient (Wildman–Crippen LogP) is 3.04. The Labute approximate surface area is 117 Å². The first-order valence-corrected chi connectivity index (χ1v) is 6.52. The van der Waals surface area contributed by atoms with Crippen molar-refractivity contribution in [1.29, 1.82) is 0 Å². The summed E-state index contributed by atoms with van der Waals surface area (Å²) in [7, 11) is 0. The molecule has 0 radical (unpaired) electrons. The molecule has 2 aromatic heterocycles. The molecule has 0 amide bonds. The largest absolute Gasteiger partial charge is 0.508 e. The summed E-state index contributed by atoms with van der Waals surface area (Å²) in [5.41, 5.74) is 2.65. The van der Waals surface area contributed by atoms with Gasteiger partial charge in [0.2, 0.25) is 0 Å². The van der Waals surface area contributed by atoms with Gasteiger partial charge in [0.05, 0.1) is 18.1 Å². The van der Waals surface area contributed by atoms with Crippen LogP contribution in [0.15, 0.2) is 41.1 Å². The van der Waals surface area contributed by atoms with Gasteiger partial charge in [-0.1, -0.05) is 15.9 Å². The molecule has 2 heterocycles. The number of H-pyrrole nitrogens is 1. The lowest BCUT2D eigenvalue weighted by molar-refractivity contribution is 0.474. The van der Waals surface area contributed by atoms with Crippen molar-refractivity contribution in [1.82, 2.24) is 15.2 Å². The third-order valence-electron chi connectivity index (χ3n) is 2.80. The van der Waals surface area contributed by atoms with Crippen LogP contribution >= 0.6 is 15.9 Å². The SMILES string of the molecule is Oc1ccc(Br)c(CNc2cnc3[nH]ncc3c2)c1. The fourth-order valence-corrected chi connectivity index (χ4v) is 2.21. The zero-order valence-corrected chi connectivity index (χ0v) is 11.5. The number of phenols is 1. The highest BCUT2D eigenvalue weighted by Gasteiger charge is 2.03. The Balaban J connectivity index is 1.79. The van der Waals surface area contributed by atoms with Gasteiger partial charge in [0, 0.05) is 16.4 Å². The summed E-state index contributed by atoms with van der Waals surface area (Å²) < 4.78 is 0.954. The normalized spacial score (nSPS) is 10.8. The Kier molecular flexibility index (Phi) is 3.08. The monoisotopic (exact) mass is 318 g/mol. The molecule has 3 aromatic rings. The van der Waals surface area contributed by atoms with Crippen LogP contribution in [0.3, 0.4) is 0 Å². The minimum absolute atomic E-state index is 0.253. The second-order valence-electron chi connectivity index (χ2n) is 4.16. The van der Waals surface area contributed by atoms with Crippen LogP contribution < -0.4 is 5.32 Å². The standard InChI is InChI=1S/C13H11BrN4O/c14-12-2-1-11(19)4-8(12)5-15-10-3-9-6-17-18-13(9)16-7-10/h1-4,6-7,15,19H,5H2,(H,16,17,18). The van der Waals surface area contributed by atoms with E-state index in [0.717, 1.165) is 26.8 Å². The number of rotatable bonds is 3. The van der Waals surface area contributed by atoms with Crippen molar-refractivity contribution in [2.24, 2.45) is 0 Å².